The highest BCUT2D eigenvalue weighted by Gasteiger charge is 2.14. The van der Waals surface area contributed by atoms with Crippen molar-refractivity contribution in [3.05, 3.63) is 36.5 Å². The molecule has 98 valence electrons. The zero-order chi connectivity index (χ0) is 13.4. The van der Waals surface area contributed by atoms with E-state index in [0.717, 1.165) is 5.52 Å². The molecule has 0 aliphatic heterocycles. The zero-order valence-electron chi connectivity index (χ0n) is 10.5. The first-order valence-corrected chi connectivity index (χ1v) is 6.04. The quantitative estimate of drug-likeness (QED) is 0.776. The third-order valence-electron chi connectivity index (χ3n) is 3.11. The van der Waals surface area contributed by atoms with Crippen molar-refractivity contribution < 1.29 is 4.39 Å². The lowest BCUT2D eigenvalue weighted by molar-refractivity contribution is 0.637. The SMILES string of the molecule is Cn1c(-c2cn(CCN)cn2)nc2c(F)cccc21. The van der Waals surface area contributed by atoms with Crippen LogP contribution in [0, 0.1) is 5.82 Å². The number of fused-ring (bicyclic) bond motifs is 1. The summed E-state index contributed by atoms with van der Waals surface area (Å²) in [5, 5.41) is 0. The van der Waals surface area contributed by atoms with Gasteiger partial charge in [0.25, 0.3) is 0 Å². The van der Waals surface area contributed by atoms with Crippen LogP contribution in [0.1, 0.15) is 0 Å². The molecule has 19 heavy (non-hydrogen) atoms. The van der Waals surface area contributed by atoms with Crippen molar-refractivity contribution >= 4 is 11.0 Å². The van der Waals surface area contributed by atoms with Gasteiger partial charge in [-0.15, -0.1) is 0 Å². The number of para-hydroxylation sites is 1. The Balaban J connectivity index is 2.14. The van der Waals surface area contributed by atoms with Gasteiger partial charge in [-0.1, -0.05) is 6.07 Å². The van der Waals surface area contributed by atoms with Gasteiger partial charge < -0.3 is 14.9 Å². The minimum Gasteiger partial charge on any atom is -0.335 e. The summed E-state index contributed by atoms with van der Waals surface area (Å²) in [4.78, 5) is 8.63. The van der Waals surface area contributed by atoms with Gasteiger partial charge in [-0.05, 0) is 12.1 Å². The molecule has 0 saturated heterocycles. The Morgan fingerprint density at radius 2 is 2.21 bits per heavy atom. The highest BCUT2D eigenvalue weighted by Crippen LogP contribution is 2.23. The topological polar surface area (TPSA) is 61.7 Å². The number of halogens is 1. The van der Waals surface area contributed by atoms with E-state index in [9.17, 15) is 4.39 Å². The fraction of sp³-hybridized carbons (Fsp3) is 0.231. The minimum absolute atomic E-state index is 0.319. The number of nitrogens with two attached hydrogens (primary N) is 1. The number of rotatable bonds is 3. The molecule has 0 fully saturated rings. The molecule has 0 radical (unpaired) electrons. The van der Waals surface area contributed by atoms with Crippen molar-refractivity contribution in [2.45, 2.75) is 6.54 Å². The Morgan fingerprint density at radius 1 is 1.37 bits per heavy atom. The summed E-state index contributed by atoms with van der Waals surface area (Å²) < 4.78 is 17.4. The average Bonchev–Trinajstić information content (AvgIpc) is 2.97. The van der Waals surface area contributed by atoms with Crippen molar-refractivity contribution in [1.29, 1.82) is 0 Å². The molecule has 3 rings (SSSR count). The summed E-state index contributed by atoms with van der Waals surface area (Å²) >= 11 is 0. The second kappa shape index (κ2) is 4.47. The third-order valence-corrected chi connectivity index (χ3v) is 3.11. The molecular weight excluding hydrogens is 245 g/mol. The second-order valence-corrected chi connectivity index (χ2v) is 4.39. The van der Waals surface area contributed by atoms with E-state index in [-0.39, 0.29) is 5.82 Å². The Hall–Kier alpha value is -2.21. The predicted molar refractivity (Wildman–Crippen MR) is 70.9 cm³/mol. The zero-order valence-corrected chi connectivity index (χ0v) is 10.5. The molecule has 3 aromatic rings. The van der Waals surface area contributed by atoms with Crippen molar-refractivity contribution in [1.82, 2.24) is 19.1 Å². The smallest absolute Gasteiger partial charge is 0.161 e. The van der Waals surface area contributed by atoms with Gasteiger partial charge in [-0.3, -0.25) is 0 Å². The molecule has 0 amide bonds. The van der Waals surface area contributed by atoms with Gasteiger partial charge in [0.05, 0.1) is 11.8 Å². The fourth-order valence-electron chi connectivity index (χ4n) is 2.16. The summed E-state index contributed by atoms with van der Waals surface area (Å²) in [7, 11) is 1.85. The molecule has 0 spiro atoms. The van der Waals surface area contributed by atoms with Crippen LogP contribution in [0.15, 0.2) is 30.7 Å². The molecule has 0 aliphatic rings. The highest BCUT2D eigenvalue weighted by molar-refractivity contribution is 5.80. The number of benzene rings is 1. The lowest BCUT2D eigenvalue weighted by atomic mass is 10.3. The lowest BCUT2D eigenvalue weighted by Crippen LogP contribution is -2.07. The lowest BCUT2D eigenvalue weighted by Gasteiger charge is -1.99. The van der Waals surface area contributed by atoms with Crippen LogP contribution in [0.5, 0.6) is 0 Å². The van der Waals surface area contributed by atoms with Crippen LogP contribution in [0.25, 0.3) is 22.6 Å². The van der Waals surface area contributed by atoms with Crippen LogP contribution < -0.4 is 5.73 Å². The largest absolute Gasteiger partial charge is 0.335 e. The Labute approximate surface area is 109 Å². The van der Waals surface area contributed by atoms with Gasteiger partial charge in [0.2, 0.25) is 0 Å². The average molecular weight is 259 g/mol. The fourth-order valence-corrected chi connectivity index (χ4v) is 2.16. The maximum absolute atomic E-state index is 13.7. The van der Waals surface area contributed by atoms with Gasteiger partial charge in [-0.25, -0.2) is 14.4 Å². The van der Waals surface area contributed by atoms with Crippen LogP contribution in [0.2, 0.25) is 0 Å². The van der Waals surface area contributed by atoms with Crippen LogP contribution >= 0.6 is 0 Å². The standard InChI is InChI=1S/C13H14FN5/c1-18-11-4-2-3-9(14)12(11)17-13(18)10-7-19(6-5-15)8-16-10/h2-4,7-8H,5-6,15H2,1H3. The van der Waals surface area contributed by atoms with Crippen molar-refractivity contribution in [3.63, 3.8) is 0 Å². The summed E-state index contributed by atoms with van der Waals surface area (Å²) in [6, 6.07) is 4.92. The van der Waals surface area contributed by atoms with E-state index in [4.69, 9.17) is 5.73 Å². The number of aryl methyl sites for hydroxylation is 1. The van der Waals surface area contributed by atoms with Crippen LogP contribution in [-0.4, -0.2) is 25.6 Å². The molecule has 5 nitrogen and oxygen atoms in total. The molecule has 0 bridgehead atoms. The predicted octanol–water partition coefficient (Wildman–Crippen LogP) is 1.53. The van der Waals surface area contributed by atoms with E-state index in [0.29, 0.717) is 30.1 Å². The number of hydrogen-bond donors (Lipinski definition) is 1. The summed E-state index contributed by atoms with van der Waals surface area (Å²) in [6.45, 7) is 1.25. The van der Waals surface area contributed by atoms with E-state index in [1.54, 1.807) is 12.4 Å². The molecule has 1 aromatic carbocycles. The molecule has 0 aliphatic carbocycles. The number of hydrogen-bond acceptors (Lipinski definition) is 3. The van der Waals surface area contributed by atoms with Gasteiger partial charge in [0, 0.05) is 26.3 Å². The number of nitrogens with zero attached hydrogens (tertiary/aromatic N) is 4. The van der Waals surface area contributed by atoms with Gasteiger partial charge >= 0.3 is 0 Å². The molecule has 2 aromatic heterocycles. The van der Waals surface area contributed by atoms with E-state index >= 15 is 0 Å². The van der Waals surface area contributed by atoms with E-state index in [1.807, 2.05) is 28.4 Å². The van der Waals surface area contributed by atoms with Gasteiger partial charge in [0.1, 0.15) is 11.2 Å². The van der Waals surface area contributed by atoms with Crippen molar-refractivity contribution in [3.8, 4) is 11.5 Å². The summed E-state index contributed by atoms with van der Waals surface area (Å²) in [5.41, 5.74) is 7.34. The second-order valence-electron chi connectivity index (χ2n) is 4.39. The Kier molecular flexibility index (Phi) is 2.79. The first kappa shape index (κ1) is 11.9. The number of imidazole rings is 2. The maximum Gasteiger partial charge on any atom is 0.161 e. The van der Waals surface area contributed by atoms with Crippen LogP contribution in [0.4, 0.5) is 4.39 Å². The molecule has 6 heteroatoms. The first-order valence-electron chi connectivity index (χ1n) is 6.04. The normalized spacial score (nSPS) is 11.3. The summed E-state index contributed by atoms with van der Waals surface area (Å²) in [5.74, 6) is 0.330. The third kappa shape index (κ3) is 1.90. The van der Waals surface area contributed by atoms with E-state index in [1.165, 1.54) is 6.07 Å². The minimum atomic E-state index is -0.319. The van der Waals surface area contributed by atoms with Gasteiger partial charge in [0.15, 0.2) is 11.6 Å². The molecule has 0 unspecified atom stereocenters. The first-order chi connectivity index (χ1) is 9.20. The Bertz CT molecular complexity index is 728. The van der Waals surface area contributed by atoms with E-state index < -0.39 is 0 Å². The molecule has 0 saturated carbocycles. The summed E-state index contributed by atoms with van der Waals surface area (Å²) in [6.07, 6.45) is 3.57. The molecule has 2 heterocycles. The van der Waals surface area contributed by atoms with Crippen molar-refractivity contribution in [2.24, 2.45) is 12.8 Å². The van der Waals surface area contributed by atoms with Crippen molar-refractivity contribution in [2.75, 3.05) is 6.54 Å². The van der Waals surface area contributed by atoms with Gasteiger partial charge in [-0.2, -0.15) is 0 Å². The number of aromatic nitrogens is 4. The monoisotopic (exact) mass is 259 g/mol. The van der Waals surface area contributed by atoms with Crippen LogP contribution in [0.3, 0.4) is 0 Å². The highest BCUT2D eigenvalue weighted by atomic mass is 19.1. The molecule has 0 atom stereocenters. The maximum atomic E-state index is 13.7. The Morgan fingerprint density at radius 3 is 2.95 bits per heavy atom. The van der Waals surface area contributed by atoms with Crippen LogP contribution in [-0.2, 0) is 13.6 Å². The van der Waals surface area contributed by atoms with E-state index in [2.05, 4.69) is 9.97 Å². The molecular formula is C13H14FN5. The molecule has 2 N–H and O–H groups in total.